The maximum absolute atomic E-state index is 11.2. The molecule has 1 aromatic heterocycles. The first-order valence-corrected chi connectivity index (χ1v) is 6.40. The molecule has 0 bridgehead atoms. The van der Waals surface area contributed by atoms with Gasteiger partial charge in [0.15, 0.2) is 4.84 Å². The first-order valence-electron chi connectivity index (χ1n) is 4.71. The Morgan fingerprint density at radius 1 is 1.56 bits per heavy atom. The van der Waals surface area contributed by atoms with Crippen molar-refractivity contribution in [3.05, 3.63) is 5.01 Å². The first kappa shape index (κ1) is 12.0. The van der Waals surface area contributed by atoms with E-state index in [1.165, 1.54) is 11.3 Å². The molecule has 1 aliphatic heterocycles. The Hall–Kier alpha value is -0.430. The van der Waals surface area contributed by atoms with E-state index in [0.717, 1.165) is 24.5 Å². The lowest BCUT2D eigenvalue weighted by molar-refractivity contribution is -0.114. The Kier molecular flexibility index (Phi) is 3.96. The number of anilines is 1. The molecule has 0 saturated carbocycles. The van der Waals surface area contributed by atoms with E-state index in [4.69, 9.17) is 27.9 Å². The zero-order chi connectivity index (χ0) is 11.5. The molecule has 0 unspecified atom stereocenters. The molecule has 1 N–H and O–H groups in total. The van der Waals surface area contributed by atoms with E-state index < -0.39 is 10.7 Å². The van der Waals surface area contributed by atoms with E-state index >= 15 is 0 Å². The zero-order valence-electron chi connectivity index (χ0n) is 8.15. The third kappa shape index (κ3) is 2.82. The molecule has 2 rings (SSSR count). The lowest BCUT2D eigenvalue weighted by Crippen LogP contribution is -2.18. The number of nitrogens with zero attached hydrogens (tertiary/aromatic N) is 2. The van der Waals surface area contributed by atoms with Gasteiger partial charge in [-0.3, -0.25) is 10.1 Å². The Balaban J connectivity index is 1.99. The molecule has 0 spiro atoms. The van der Waals surface area contributed by atoms with Gasteiger partial charge in [0.1, 0.15) is 11.1 Å². The zero-order valence-corrected chi connectivity index (χ0v) is 10.5. The average molecular weight is 282 g/mol. The lowest BCUT2D eigenvalue weighted by atomic mass is 10.2. The highest BCUT2D eigenvalue weighted by Crippen LogP contribution is 2.31. The SMILES string of the molecule is O=C(Nc1nnc([C@H]2CCCO2)s1)C(Cl)Cl. The molecular weight excluding hydrogens is 273 g/mol. The van der Waals surface area contributed by atoms with Crippen LogP contribution in [0.15, 0.2) is 0 Å². The summed E-state index contributed by atoms with van der Waals surface area (Å²) in [5, 5.41) is 11.4. The summed E-state index contributed by atoms with van der Waals surface area (Å²) in [5.74, 6) is -0.502. The monoisotopic (exact) mass is 281 g/mol. The van der Waals surface area contributed by atoms with Gasteiger partial charge in [-0.15, -0.1) is 10.2 Å². The van der Waals surface area contributed by atoms with Gasteiger partial charge in [-0.1, -0.05) is 34.5 Å². The van der Waals surface area contributed by atoms with Crippen molar-refractivity contribution in [1.29, 1.82) is 0 Å². The Morgan fingerprint density at radius 3 is 3.00 bits per heavy atom. The minimum absolute atomic E-state index is 0.00551. The predicted octanol–water partition coefficient (Wildman–Crippen LogP) is 2.13. The van der Waals surface area contributed by atoms with Crippen LogP contribution >= 0.6 is 34.5 Å². The van der Waals surface area contributed by atoms with Gasteiger partial charge in [0, 0.05) is 6.61 Å². The Labute approximate surface area is 106 Å². The molecular formula is C8H9Cl2N3O2S. The summed E-state index contributed by atoms with van der Waals surface area (Å²) in [7, 11) is 0. The lowest BCUT2D eigenvalue weighted by Gasteiger charge is -2.02. The van der Waals surface area contributed by atoms with Gasteiger partial charge in [-0.2, -0.15) is 0 Å². The standard InChI is InChI=1S/C8H9Cl2N3O2S/c9-5(10)6(14)11-8-13-12-7(16-8)4-2-1-3-15-4/h4-5H,1-3H2,(H,11,13,14)/t4-/m1/s1. The highest BCUT2D eigenvalue weighted by molar-refractivity contribution is 7.15. The number of carbonyl (C=O) groups excluding carboxylic acids is 1. The molecule has 0 aliphatic carbocycles. The van der Waals surface area contributed by atoms with Crippen LogP contribution in [-0.4, -0.2) is 27.5 Å². The van der Waals surface area contributed by atoms with Crippen LogP contribution in [0.3, 0.4) is 0 Å². The summed E-state index contributed by atoms with van der Waals surface area (Å²) in [6, 6.07) is 0. The van der Waals surface area contributed by atoms with E-state index in [1.54, 1.807) is 0 Å². The summed E-state index contributed by atoms with van der Waals surface area (Å²) in [6.07, 6.45) is 1.97. The van der Waals surface area contributed by atoms with Crippen molar-refractivity contribution in [2.45, 2.75) is 23.8 Å². The predicted molar refractivity (Wildman–Crippen MR) is 62.0 cm³/mol. The van der Waals surface area contributed by atoms with Crippen LogP contribution in [0.1, 0.15) is 24.0 Å². The maximum atomic E-state index is 11.2. The fourth-order valence-electron chi connectivity index (χ4n) is 1.35. The smallest absolute Gasteiger partial charge is 0.259 e. The van der Waals surface area contributed by atoms with Gasteiger partial charge in [-0.25, -0.2) is 0 Å². The highest BCUT2D eigenvalue weighted by atomic mass is 35.5. The molecule has 5 nitrogen and oxygen atoms in total. The molecule has 2 heterocycles. The summed E-state index contributed by atoms with van der Waals surface area (Å²) >= 11 is 12.1. The van der Waals surface area contributed by atoms with Crippen molar-refractivity contribution in [3.8, 4) is 0 Å². The molecule has 88 valence electrons. The van der Waals surface area contributed by atoms with Gasteiger partial charge in [0.05, 0.1) is 0 Å². The van der Waals surface area contributed by atoms with Gasteiger partial charge in [-0.05, 0) is 12.8 Å². The number of ether oxygens (including phenoxy) is 1. The van der Waals surface area contributed by atoms with Crippen LogP contribution in [0.25, 0.3) is 0 Å². The van der Waals surface area contributed by atoms with Crippen LogP contribution in [0, 0.1) is 0 Å². The van der Waals surface area contributed by atoms with Crippen molar-refractivity contribution in [2.24, 2.45) is 0 Å². The average Bonchev–Trinajstić information content (AvgIpc) is 2.85. The second-order valence-electron chi connectivity index (χ2n) is 3.24. The van der Waals surface area contributed by atoms with E-state index in [0.29, 0.717) is 5.13 Å². The van der Waals surface area contributed by atoms with E-state index in [1.807, 2.05) is 0 Å². The molecule has 1 atom stereocenters. The fraction of sp³-hybridized carbons (Fsp3) is 0.625. The summed E-state index contributed by atoms with van der Waals surface area (Å²) in [5.41, 5.74) is 0. The number of hydrogen-bond acceptors (Lipinski definition) is 5. The molecule has 1 aromatic rings. The molecule has 1 fully saturated rings. The fourth-order valence-corrected chi connectivity index (χ4v) is 2.29. The normalized spacial score (nSPS) is 20.3. The van der Waals surface area contributed by atoms with Crippen LogP contribution in [0.2, 0.25) is 0 Å². The number of aromatic nitrogens is 2. The number of halogens is 2. The van der Waals surface area contributed by atoms with Crippen molar-refractivity contribution in [3.63, 3.8) is 0 Å². The van der Waals surface area contributed by atoms with Crippen LogP contribution < -0.4 is 5.32 Å². The van der Waals surface area contributed by atoms with Crippen molar-refractivity contribution >= 4 is 45.6 Å². The molecule has 8 heteroatoms. The summed E-state index contributed by atoms with van der Waals surface area (Å²) < 4.78 is 5.45. The van der Waals surface area contributed by atoms with Gasteiger partial charge >= 0.3 is 0 Å². The van der Waals surface area contributed by atoms with E-state index in [-0.39, 0.29) is 6.10 Å². The minimum Gasteiger partial charge on any atom is -0.371 e. The van der Waals surface area contributed by atoms with E-state index in [2.05, 4.69) is 15.5 Å². The van der Waals surface area contributed by atoms with Crippen LogP contribution in [-0.2, 0) is 9.53 Å². The number of amides is 1. The van der Waals surface area contributed by atoms with Gasteiger partial charge in [0.2, 0.25) is 5.13 Å². The number of nitrogens with one attached hydrogen (secondary N) is 1. The molecule has 1 amide bonds. The summed E-state index contributed by atoms with van der Waals surface area (Å²) in [4.78, 5) is 10.1. The first-order chi connectivity index (χ1) is 7.66. The largest absolute Gasteiger partial charge is 0.371 e. The number of hydrogen-bond donors (Lipinski definition) is 1. The van der Waals surface area contributed by atoms with Gasteiger partial charge < -0.3 is 4.74 Å². The number of alkyl halides is 2. The Bertz CT molecular complexity index is 379. The molecule has 16 heavy (non-hydrogen) atoms. The summed E-state index contributed by atoms with van der Waals surface area (Å²) in [6.45, 7) is 0.747. The van der Waals surface area contributed by atoms with Crippen molar-refractivity contribution in [1.82, 2.24) is 10.2 Å². The second kappa shape index (κ2) is 5.27. The third-order valence-electron chi connectivity index (χ3n) is 2.07. The number of rotatable bonds is 3. The third-order valence-corrected chi connectivity index (χ3v) is 3.40. The van der Waals surface area contributed by atoms with E-state index in [9.17, 15) is 4.79 Å². The quantitative estimate of drug-likeness (QED) is 0.863. The number of carbonyl (C=O) groups is 1. The topological polar surface area (TPSA) is 64.1 Å². The molecule has 1 aliphatic rings. The molecule has 0 radical (unpaired) electrons. The maximum Gasteiger partial charge on any atom is 0.259 e. The highest BCUT2D eigenvalue weighted by Gasteiger charge is 2.22. The Morgan fingerprint density at radius 2 is 2.38 bits per heavy atom. The molecule has 1 saturated heterocycles. The minimum atomic E-state index is -1.10. The van der Waals surface area contributed by atoms with Gasteiger partial charge in [0.25, 0.3) is 5.91 Å². The van der Waals surface area contributed by atoms with Crippen LogP contribution in [0.4, 0.5) is 5.13 Å². The second-order valence-corrected chi connectivity index (χ2v) is 5.34. The molecule has 0 aromatic carbocycles. The van der Waals surface area contributed by atoms with Crippen molar-refractivity contribution in [2.75, 3.05) is 11.9 Å². The van der Waals surface area contributed by atoms with Crippen molar-refractivity contribution < 1.29 is 9.53 Å². The van der Waals surface area contributed by atoms with Crippen LogP contribution in [0.5, 0.6) is 0 Å².